The first kappa shape index (κ1) is 17.4. The number of carbonyl (C=O) groups excluding carboxylic acids is 2. The van der Waals surface area contributed by atoms with Crippen molar-refractivity contribution in [2.45, 2.75) is 6.54 Å². The third kappa shape index (κ3) is 5.05. The molecule has 0 saturated carbocycles. The summed E-state index contributed by atoms with van der Waals surface area (Å²) in [6, 6.07) is 9.24. The van der Waals surface area contributed by atoms with E-state index >= 15 is 0 Å². The number of hydrogen-bond donors (Lipinski definition) is 1. The lowest BCUT2D eigenvalue weighted by atomic mass is 10.2. The van der Waals surface area contributed by atoms with Crippen LogP contribution in [0.25, 0.3) is 0 Å². The number of halogens is 2. The average Bonchev–Trinajstić information content (AvgIpc) is 2.57. The van der Waals surface area contributed by atoms with Gasteiger partial charge in [-0.05, 0) is 35.9 Å². The van der Waals surface area contributed by atoms with E-state index in [1.54, 1.807) is 12.1 Å². The fourth-order valence-corrected chi connectivity index (χ4v) is 1.93. The summed E-state index contributed by atoms with van der Waals surface area (Å²) in [5.41, 5.74) is 0.509. The Hall–Kier alpha value is -2.96. The average molecular weight is 335 g/mol. The molecule has 126 valence electrons. The van der Waals surface area contributed by atoms with Crippen LogP contribution in [0, 0.1) is 11.6 Å². The number of amides is 1. The van der Waals surface area contributed by atoms with Gasteiger partial charge in [-0.25, -0.2) is 13.6 Å². The number of benzene rings is 2. The predicted molar refractivity (Wildman–Crippen MR) is 81.5 cm³/mol. The first-order valence-electron chi connectivity index (χ1n) is 7.01. The molecule has 0 unspecified atom stereocenters. The number of ether oxygens (including phenoxy) is 2. The van der Waals surface area contributed by atoms with Crippen LogP contribution < -0.4 is 10.1 Å². The molecule has 2 aromatic rings. The summed E-state index contributed by atoms with van der Waals surface area (Å²) in [6.45, 7) is -0.585. The molecule has 0 aliphatic rings. The van der Waals surface area contributed by atoms with E-state index in [0.29, 0.717) is 5.75 Å². The zero-order chi connectivity index (χ0) is 17.5. The van der Waals surface area contributed by atoms with Gasteiger partial charge in [0.15, 0.2) is 6.61 Å². The maximum Gasteiger partial charge on any atom is 0.338 e. The zero-order valence-electron chi connectivity index (χ0n) is 12.8. The zero-order valence-corrected chi connectivity index (χ0v) is 12.8. The third-order valence-corrected chi connectivity index (χ3v) is 3.05. The number of hydrogen-bond acceptors (Lipinski definition) is 4. The van der Waals surface area contributed by atoms with Gasteiger partial charge in [0.05, 0.1) is 12.7 Å². The largest absolute Gasteiger partial charge is 0.497 e. The van der Waals surface area contributed by atoms with Gasteiger partial charge in [0.2, 0.25) is 0 Å². The lowest BCUT2D eigenvalue weighted by Crippen LogP contribution is -2.28. The van der Waals surface area contributed by atoms with E-state index in [2.05, 4.69) is 5.32 Å². The number of rotatable bonds is 6. The SMILES string of the molecule is COc1cccc(C(=O)OCC(=O)NCc2cc(F)cc(F)c2)c1. The van der Waals surface area contributed by atoms with E-state index in [0.717, 1.165) is 18.2 Å². The molecule has 0 aliphatic heterocycles. The molecule has 0 aliphatic carbocycles. The van der Waals surface area contributed by atoms with E-state index in [1.807, 2.05) is 0 Å². The van der Waals surface area contributed by atoms with Gasteiger partial charge < -0.3 is 14.8 Å². The quantitative estimate of drug-likeness (QED) is 0.824. The first-order chi connectivity index (χ1) is 11.5. The van der Waals surface area contributed by atoms with E-state index in [-0.39, 0.29) is 17.7 Å². The van der Waals surface area contributed by atoms with Crippen LogP contribution in [0.3, 0.4) is 0 Å². The van der Waals surface area contributed by atoms with Crippen LogP contribution in [0.4, 0.5) is 8.78 Å². The lowest BCUT2D eigenvalue weighted by Gasteiger charge is -2.08. The van der Waals surface area contributed by atoms with Crippen molar-refractivity contribution >= 4 is 11.9 Å². The Balaban J connectivity index is 1.83. The second-order valence-corrected chi connectivity index (χ2v) is 4.86. The molecule has 0 radical (unpaired) electrons. The van der Waals surface area contributed by atoms with Gasteiger partial charge in [-0.15, -0.1) is 0 Å². The smallest absolute Gasteiger partial charge is 0.338 e. The molecule has 0 saturated heterocycles. The minimum Gasteiger partial charge on any atom is -0.497 e. The summed E-state index contributed by atoms with van der Waals surface area (Å²) in [5.74, 6) is -2.24. The highest BCUT2D eigenvalue weighted by Crippen LogP contribution is 2.13. The fraction of sp³-hybridized carbons (Fsp3) is 0.176. The minimum absolute atomic E-state index is 0.0791. The van der Waals surface area contributed by atoms with Crippen LogP contribution in [0.2, 0.25) is 0 Å². The van der Waals surface area contributed by atoms with Crippen molar-refractivity contribution in [2.75, 3.05) is 13.7 Å². The van der Waals surface area contributed by atoms with Crippen LogP contribution >= 0.6 is 0 Å². The molecule has 0 spiro atoms. The van der Waals surface area contributed by atoms with E-state index in [9.17, 15) is 18.4 Å². The Labute approximate surface area is 137 Å². The van der Waals surface area contributed by atoms with Crippen molar-refractivity contribution in [1.82, 2.24) is 5.32 Å². The summed E-state index contributed by atoms with van der Waals surface area (Å²) in [5, 5.41) is 2.41. The van der Waals surface area contributed by atoms with Gasteiger partial charge in [0, 0.05) is 12.6 Å². The summed E-state index contributed by atoms with van der Waals surface area (Å²) in [4.78, 5) is 23.5. The first-order valence-corrected chi connectivity index (χ1v) is 7.01. The number of carbonyl (C=O) groups is 2. The third-order valence-electron chi connectivity index (χ3n) is 3.05. The molecule has 2 rings (SSSR count). The van der Waals surface area contributed by atoms with Crippen molar-refractivity contribution in [3.63, 3.8) is 0 Å². The molecular formula is C17H15F2NO4. The monoisotopic (exact) mass is 335 g/mol. The molecule has 5 nitrogen and oxygen atoms in total. The van der Waals surface area contributed by atoms with Gasteiger partial charge in [-0.3, -0.25) is 4.79 Å². The summed E-state index contributed by atoms with van der Waals surface area (Å²) >= 11 is 0. The standard InChI is InChI=1S/C17H15F2NO4/c1-23-15-4-2-3-12(7-15)17(22)24-10-16(21)20-9-11-5-13(18)8-14(19)6-11/h2-8H,9-10H2,1H3,(H,20,21). The Morgan fingerprint density at radius 1 is 1.08 bits per heavy atom. The van der Waals surface area contributed by atoms with Gasteiger partial charge in [-0.2, -0.15) is 0 Å². The molecule has 7 heteroatoms. The summed E-state index contributed by atoms with van der Waals surface area (Å²) < 4.78 is 35.9. The summed E-state index contributed by atoms with van der Waals surface area (Å²) in [6.07, 6.45) is 0. The van der Waals surface area contributed by atoms with E-state index < -0.39 is 30.1 Å². The highest BCUT2D eigenvalue weighted by Gasteiger charge is 2.11. The topological polar surface area (TPSA) is 64.6 Å². The molecule has 2 aromatic carbocycles. The van der Waals surface area contributed by atoms with Crippen LogP contribution in [-0.4, -0.2) is 25.6 Å². The van der Waals surface area contributed by atoms with E-state index in [1.165, 1.54) is 19.2 Å². The molecule has 1 amide bonds. The minimum atomic E-state index is -0.733. The van der Waals surface area contributed by atoms with Gasteiger partial charge in [-0.1, -0.05) is 6.07 Å². The highest BCUT2D eigenvalue weighted by atomic mass is 19.1. The van der Waals surface area contributed by atoms with E-state index in [4.69, 9.17) is 9.47 Å². The Morgan fingerprint density at radius 3 is 2.46 bits per heavy atom. The van der Waals surface area contributed by atoms with Crippen LogP contribution in [-0.2, 0) is 16.1 Å². The molecular weight excluding hydrogens is 320 g/mol. The Kier molecular flexibility index (Phi) is 5.83. The molecule has 1 N–H and O–H groups in total. The van der Waals surface area contributed by atoms with Gasteiger partial charge >= 0.3 is 5.97 Å². The van der Waals surface area contributed by atoms with Crippen LogP contribution in [0.1, 0.15) is 15.9 Å². The van der Waals surface area contributed by atoms with Crippen molar-refractivity contribution in [3.8, 4) is 5.75 Å². The summed E-state index contributed by atoms with van der Waals surface area (Å²) in [7, 11) is 1.47. The maximum absolute atomic E-state index is 13.0. The van der Waals surface area contributed by atoms with Crippen molar-refractivity contribution in [1.29, 1.82) is 0 Å². The fourth-order valence-electron chi connectivity index (χ4n) is 1.93. The molecule has 0 aromatic heterocycles. The molecule has 0 bridgehead atoms. The molecule has 0 heterocycles. The second-order valence-electron chi connectivity index (χ2n) is 4.86. The van der Waals surface area contributed by atoms with Crippen molar-refractivity contribution < 1.29 is 27.8 Å². The Morgan fingerprint density at radius 2 is 1.79 bits per heavy atom. The van der Waals surface area contributed by atoms with Crippen molar-refractivity contribution in [2.24, 2.45) is 0 Å². The predicted octanol–water partition coefficient (Wildman–Crippen LogP) is 2.45. The van der Waals surface area contributed by atoms with Crippen LogP contribution in [0.5, 0.6) is 5.75 Å². The van der Waals surface area contributed by atoms with Crippen molar-refractivity contribution in [3.05, 3.63) is 65.2 Å². The molecule has 24 heavy (non-hydrogen) atoms. The number of nitrogens with one attached hydrogen (secondary N) is 1. The number of methoxy groups -OCH3 is 1. The lowest BCUT2D eigenvalue weighted by molar-refractivity contribution is -0.124. The van der Waals surface area contributed by atoms with Gasteiger partial charge in [0.25, 0.3) is 5.91 Å². The molecule has 0 atom stereocenters. The maximum atomic E-state index is 13.0. The number of esters is 1. The molecule has 0 fully saturated rings. The normalized spacial score (nSPS) is 10.1. The highest BCUT2D eigenvalue weighted by molar-refractivity contribution is 5.91. The van der Waals surface area contributed by atoms with Crippen LogP contribution in [0.15, 0.2) is 42.5 Å². The second kappa shape index (κ2) is 8.05. The van der Waals surface area contributed by atoms with Gasteiger partial charge in [0.1, 0.15) is 17.4 Å². The Bertz CT molecular complexity index is 729.